The highest BCUT2D eigenvalue weighted by atomic mass is 28.4. The Hall–Kier alpha value is -0.883. The van der Waals surface area contributed by atoms with Crippen LogP contribution in [0.25, 0.3) is 0 Å². The molecule has 0 saturated carbocycles. The normalized spacial score (nSPS) is 23.2. The van der Waals surface area contributed by atoms with E-state index in [0.29, 0.717) is 0 Å². The lowest BCUT2D eigenvalue weighted by molar-refractivity contribution is -0.634. The van der Waals surface area contributed by atoms with Crippen molar-refractivity contribution in [2.24, 2.45) is 11.8 Å². The molecule has 1 fully saturated rings. The van der Waals surface area contributed by atoms with E-state index in [1.807, 2.05) is 24.3 Å². The summed E-state index contributed by atoms with van der Waals surface area (Å²) in [6.07, 6.45) is 0. The van der Waals surface area contributed by atoms with Gasteiger partial charge in [-0.15, -0.1) is 0 Å². The Morgan fingerprint density at radius 2 is 1.42 bits per heavy atom. The van der Waals surface area contributed by atoms with Gasteiger partial charge in [0.1, 0.15) is 5.75 Å². The van der Waals surface area contributed by atoms with Crippen molar-refractivity contribution in [3.63, 3.8) is 0 Å². The molecule has 26 heavy (non-hydrogen) atoms. The molecule has 0 radical (unpaired) electrons. The van der Waals surface area contributed by atoms with Crippen LogP contribution in [0.4, 0.5) is 0 Å². The molecule has 1 heterocycles. The first kappa shape index (κ1) is 21.4. The summed E-state index contributed by atoms with van der Waals surface area (Å²) in [5.41, 5.74) is 0.431. The third-order valence-electron chi connectivity index (χ3n) is 6.23. The first-order valence-electron chi connectivity index (χ1n) is 9.55. The third kappa shape index (κ3) is 3.13. The van der Waals surface area contributed by atoms with Crippen LogP contribution in [0.5, 0.6) is 5.75 Å². The molecule has 2 rings (SSSR count). The Kier molecular flexibility index (Phi) is 5.71. The minimum absolute atomic E-state index is 0.161. The van der Waals surface area contributed by atoms with Crippen LogP contribution < -0.4 is 4.43 Å². The summed E-state index contributed by atoms with van der Waals surface area (Å²) in [5.74, 6) is 0.468. The molecule has 0 aromatic heterocycles. The van der Waals surface area contributed by atoms with E-state index < -0.39 is 19.7 Å². The molecule has 1 aliphatic rings. The maximum atomic E-state index is 6.39. The van der Waals surface area contributed by atoms with Crippen LogP contribution in [0.15, 0.2) is 24.3 Å². The summed E-state index contributed by atoms with van der Waals surface area (Å²) < 4.78 is 12.3. The van der Waals surface area contributed by atoms with Gasteiger partial charge in [-0.25, -0.2) is 4.89 Å². The van der Waals surface area contributed by atoms with Gasteiger partial charge in [0, 0.05) is 12.7 Å². The third-order valence-corrected chi connectivity index (χ3v) is 10.6. The summed E-state index contributed by atoms with van der Waals surface area (Å²) in [7, 11) is -0.180. The summed E-state index contributed by atoms with van der Waals surface area (Å²) >= 11 is 0. The second kappa shape index (κ2) is 6.93. The van der Waals surface area contributed by atoms with E-state index >= 15 is 0 Å². The predicted molar refractivity (Wildman–Crippen MR) is 108 cm³/mol. The molecule has 4 nitrogen and oxygen atoms in total. The van der Waals surface area contributed by atoms with Crippen molar-refractivity contribution in [1.82, 2.24) is 0 Å². The van der Waals surface area contributed by atoms with Gasteiger partial charge < -0.3 is 9.16 Å². The fourth-order valence-electron chi connectivity index (χ4n) is 3.61. The maximum Gasteiger partial charge on any atom is 0.260 e. The van der Waals surface area contributed by atoms with E-state index in [1.54, 1.807) is 7.11 Å². The number of methoxy groups -OCH3 is 1. The van der Waals surface area contributed by atoms with E-state index in [9.17, 15) is 0 Å². The van der Waals surface area contributed by atoms with Crippen molar-refractivity contribution in [2.45, 2.75) is 78.0 Å². The summed E-state index contributed by atoms with van der Waals surface area (Å²) in [6, 6.07) is 8.11. The van der Waals surface area contributed by atoms with Crippen LogP contribution in [0.2, 0.25) is 18.1 Å². The Morgan fingerprint density at radius 3 is 1.73 bits per heavy atom. The number of hydrogen-bond acceptors (Lipinski definition) is 4. The Bertz CT molecular complexity index is 604. The molecule has 5 heteroatoms. The summed E-state index contributed by atoms with van der Waals surface area (Å²) in [5, 5.41) is 0.161. The van der Waals surface area contributed by atoms with E-state index in [4.69, 9.17) is 18.9 Å². The molecule has 1 aromatic rings. The van der Waals surface area contributed by atoms with Crippen LogP contribution in [-0.4, -0.2) is 21.0 Å². The zero-order chi connectivity index (χ0) is 20.0. The molecule has 1 saturated heterocycles. The topological polar surface area (TPSA) is 36.9 Å². The van der Waals surface area contributed by atoms with E-state index in [0.717, 1.165) is 11.3 Å². The molecule has 1 unspecified atom stereocenters. The minimum atomic E-state index is -1.86. The van der Waals surface area contributed by atoms with Gasteiger partial charge in [-0.1, -0.05) is 48.5 Å². The lowest BCUT2D eigenvalue weighted by Gasteiger charge is -2.59. The van der Waals surface area contributed by atoms with Crippen molar-refractivity contribution in [2.75, 3.05) is 7.11 Å². The Morgan fingerprint density at radius 1 is 0.923 bits per heavy atom. The second-order valence-corrected chi connectivity index (χ2v) is 14.2. The molecule has 0 amide bonds. The fourth-order valence-corrected chi connectivity index (χ4v) is 4.64. The molecule has 1 atom stereocenters. The number of hydrogen-bond donors (Lipinski definition) is 0. The number of rotatable bonds is 6. The van der Waals surface area contributed by atoms with Crippen LogP contribution in [0.3, 0.4) is 0 Å². The van der Waals surface area contributed by atoms with Gasteiger partial charge in [-0.3, -0.25) is 0 Å². The predicted octanol–water partition coefficient (Wildman–Crippen LogP) is 5.88. The van der Waals surface area contributed by atoms with E-state index in [1.165, 1.54) is 0 Å². The van der Waals surface area contributed by atoms with E-state index in [2.05, 4.69) is 61.6 Å². The molecule has 148 valence electrons. The van der Waals surface area contributed by atoms with Gasteiger partial charge in [0.15, 0.2) is 5.60 Å². The Labute approximate surface area is 160 Å². The van der Waals surface area contributed by atoms with Crippen molar-refractivity contribution in [3.05, 3.63) is 29.8 Å². The monoisotopic (exact) mass is 380 g/mol. The smallest absolute Gasteiger partial charge is 0.260 e. The molecule has 0 bridgehead atoms. The first-order chi connectivity index (χ1) is 11.8. The molecule has 0 spiro atoms. The molecule has 0 aliphatic carbocycles. The molecule has 1 aromatic carbocycles. The van der Waals surface area contributed by atoms with Crippen LogP contribution in [-0.2, 0) is 20.3 Å². The second-order valence-electron chi connectivity index (χ2n) is 9.48. The standard InChI is InChI=1S/C21H36O4Si/c1-15(2)20(16(3)4)21(22-8,25-24-20)17-11-13-18(14-12-17)23-26(9,10)19(5,6)7/h11-16H,1-10H3. The largest absolute Gasteiger partial charge is 0.544 e. The summed E-state index contributed by atoms with van der Waals surface area (Å²) in [6.45, 7) is 19.8. The zero-order valence-electron chi connectivity index (χ0n) is 18.1. The van der Waals surface area contributed by atoms with Crippen LogP contribution in [0.1, 0.15) is 54.0 Å². The molecular weight excluding hydrogens is 344 g/mol. The summed E-state index contributed by atoms with van der Waals surface area (Å²) in [4.78, 5) is 11.3. The lowest BCUT2D eigenvalue weighted by Crippen LogP contribution is -2.70. The van der Waals surface area contributed by atoms with Crippen LogP contribution >= 0.6 is 0 Å². The van der Waals surface area contributed by atoms with Crippen molar-refractivity contribution >= 4 is 8.32 Å². The Balaban J connectivity index is 2.35. The molecular formula is C21H36O4Si. The number of ether oxygens (including phenoxy) is 1. The molecule has 1 aliphatic heterocycles. The highest BCUT2D eigenvalue weighted by molar-refractivity contribution is 6.74. The quantitative estimate of drug-likeness (QED) is 0.456. The SMILES string of the molecule is COC1(c2ccc(O[Si](C)(C)C(C)(C)C)cc2)OOC1(C(C)C)C(C)C. The van der Waals surface area contributed by atoms with Crippen molar-refractivity contribution < 1.29 is 18.9 Å². The van der Waals surface area contributed by atoms with Gasteiger partial charge in [0.2, 0.25) is 8.32 Å². The van der Waals surface area contributed by atoms with Gasteiger partial charge in [0.25, 0.3) is 5.79 Å². The molecule has 0 N–H and O–H groups in total. The van der Waals surface area contributed by atoms with Gasteiger partial charge in [-0.05, 0) is 54.2 Å². The van der Waals surface area contributed by atoms with Crippen LogP contribution in [0, 0.1) is 11.8 Å². The average Bonchev–Trinajstić information content (AvgIpc) is 2.47. The zero-order valence-corrected chi connectivity index (χ0v) is 19.1. The van der Waals surface area contributed by atoms with Crippen molar-refractivity contribution in [1.29, 1.82) is 0 Å². The minimum Gasteiger partial charge on any atom is -0.544 e. The maximum absolute atomic E-state index is 6.39. The highest BCUT2D eigenvalue weighted by Gasteiger charge is 2.69. The van der Waals surface area contributed by atoms with Gasteiger partial charge in [-0.2, -0.15) is 4.89 Å². The van der Waals surface area contributed by atoms with Crippen molar-refractivity contribution in [3.8, 4) is 5.75 Å². The van der Waals surface area contributed by atoms with E-state index in [-0.39, 0.29) is 16.9 Å². The highest BCUT2D eigenvalue weighted by Crippen LogP contribution is 2.56. The first-order valence-corrected chi connectivity index (χ1v) is 12.5. The van der Waals surface area contributed by atoms with Gasteiger partial charge in [0.05, 0.1) is 0 Å². The van der Waals surface area contributed by atoms with Gasteiger partial charge >= 0.3 is 0 Å². The average molecular weight is 381 g/mol. The fraction of sp³-hybridized carbons (Fsp3) is 0.714. The number of benzene rings is 1. The lowest BCUT2D eigenvalue weighted by atomic mass is 9.70.